The van der Waals surface area contributed by atoms with Crippen LogP contribution < -0.4 is 11.1 Å². The van der Waals surface area contributed by atoms with Crippen molar-refractivity contribution in [2.75, 3.05) is 11.1 Å². The normalized spacial score (nSPS) is 10.2. The summed E-state index contributed by atoms with van der Waals surface area (Å²) in [6, 6.07) is 12.5. The van der Waals surface area contributed by atoms with Crippen LogP contribution in [0.15, 0.2) is 46.9 Å². The lowest BCUT2D eigenvalue weighted by Gasteiger charge is -2.08. The molecule has 0 radical (unpaired) electrons. The van der Waals surface area contributed by atoms with Crippen molar-refractivity contribution in [3.8, 4) is 0 Å². The molecule has 0 unspecified atom stereocenters. The number of anilines is 2. The Morgan fingerprint density at radius 3 is 2.53 bits per heavy atom. The molecule has 0 bridgehead atoms. The molecule has 2 rings (SSSR count). The second-order valence-electron chi connectivity index (χ2n) is 4.09. The molecule has 19 heavy (non-hydrogen) atoms. The number of nitrogens with one attached hydrogen (secondary N) is 1. The number of benzene rings is 2. The predicted molar refractivity (Wildman–Crippen MR) is 82.3 cm³/mol. The van der Waals surface area contributed by atoms with E-state index in [1.165, 1.54) is 0 Å². The summed E-state index contributed by atoms with van der Waals surface area (Å²) in [6.45, 7) is 0. The molecule has 0 saturated carbocycles. The molecule has 0 atom stereocenters. The molecule has 2 aromatic rings. The summed E-state index contributed by atoms with van der Waals surface area (Å²) in [5.74, 6) is -0.0900. The molecule has 3 N–H and O–H groups in total. The van der Waals surface area contributed by atoms with E-state index in [0.717, 1.165) is 10.0 Å². The molecule has 0 fully saturated rings. The van der Waals surface area contributed by atoms with Gasteiger partial charge in [0.25, 0.3) is 0 Å². The third-order valence-corrected chi connectivity index (χ3v) is 3.44. The molecule has 0 aliphatic heterocycles. The maximum absolute atomic E-state index is 11.9. The molecule has 0 heterocycles. The molecular weight excluding hydrogens is 328 g/mol. The van der Waals surface area contributed by atoms with Crippen molar-refractivity contribution in [3.63, 3.8) is 0 Å². The van der Waals surface area contributed by atoms with Crippen LogP contribution in [-0.4, -0.2) is 5.91 Å². The molecule has 0 spiro atoms. The zero-order valence-corrected chi connectivity index (χ0v) is 12.3. The van der Waals surface area contributed by atoms with E-state index in [1.807, 2.05) is 12.1 Å². The van der Waals surface area contributed by atoms with Gasteiger partial charge in [-0.1, -0.05) is 23.7 Å². The predicted octanol–water partition coefficient (Wildman–Crippen LogP) is 3.87. The van der Waals surface area contributed by atoms with Crippen molar-refractivity contribution in [3.05, 3.63) is 57.5 Å². The van der Waals surface area contributed by atoms with Gasteiger partial charge in [-0.3, -0.25) is 4.79 Å². The van der Waals surface area contributed by atoms with Crippen molar-refractivity contribution >= 4 is 44.8 Å². The summed E-state index contributed by atoms with van der Waals surface area (Å²) in [4.78, 5) is 11.9. The number of hydrogen-bond acceptors (Lipinski definition) is 2. The first-order valence-electron chi connectivity index (χ1n) is 5.64. The molecule has 3 nitrogen and oxygen atoms in total. The van der Waals surface area contributed by atoms with E-state index in [1.54, 1.807) is 30.3 Å². The van der Waals surface area contributed by atoms with Crippen molar-refractivity contribution in [1.29, 1.82) is 0 Å². The van der Waals surface area contributed by atoms with E-state index >= 15 is 0 Å². The fraction of sp³-hybridized carbons (Fsp3) is 0.0714. The van der Waals surface area contributed by atoms with Gasteiger partial charge in [-0.15, -0.1) is 0 Å². The van der Waals surface area contributed by atoms with Crippen LogP contribution in [0.3, 0.4) is 0 Å². The summed E-state index contributed by atoms with van der Waals surface area (Å²) >= 11 is 9.20. The van der Waals surface area contributed by atoms with Gasteiger partial charge in [-0.25, -0.2) is 0 Å². The zero-order valence-electron chi connectivity index (χ0n) is 9.99. The third kappa shape index (κ3) is 3.98. The highest BCUT2D eigenvalue weighted by molar-refractivity contribution is 9.10. The summed E-state index contributed by atoms with van der Waals surface area (Å²) in [7, 11) is 0. The summed E-state index contributed by atoms with van der Waals surface area (Å²) in [6.07, 6.45) is 0.301. The van der Waals surface area contributed by atoms with Gasteiger partial charge in [0.05, 0.1) is 12.1 Å². The lowest BCUT2D eigenvalue weighted by molar-refractivity contribution is -0.115. The van der Waals surface area contributed by atoms with Crippen LogP contribution in [0.25, 0.3) is 0 Å². The van der Waals surface area contributed by atoms with E-state index in [4.69, 9.17) is 17.3 Å². The third-order valence-electron chi connectivity index (χ3n) is 2.55. The number of rotatable bonds is 3. The minimum atomic E-state index is -0.0900. The summed E-state index contributed by atoms with van der Waals surface area (Å²) in [5, 5.41) is 3.44. The number of halogens is 2. The van der Waals surface area contributed by atoms with Gasteiger partial charge in [0.1, 0.15) is 0 Å². The molecule has 0 aromatic heterocycles. The lowest BCUT2D eigenvalue weighted by atomic mass is 10.1. The Morgan fingerprint density at radius 2 is 1.89 bits per heavy atom. The van der Waals surface area contributed by atoms with Crippen molar-refractivity contribution < 1.29 is 4.79 Å². The Bertz CT molecular complexity index is 599. The number of hydrogen-bond donors (Lipinski definition) is 2. The van der Waals surface area contributed by atoms with Gasteiger partial charge in [0, 0.05) is 15.2 Å². The first kappa shape index (κ1) is 13.9. The van der Waals surface area contributed by atoms with Gasteiger partial charge < -0.3 is 11.1 Å². The fourth-order valence-electron chi connectivity index (χ4n) is 1.61. The lowest BCUT2D eigenvalue weighted by Crippen LogP contribution is -2.14. The Kier molecular flexibility index (Phi) is 4.45. The van der Waals surface area contributed by atoms with Gasteiger partial charge in [0.2, 0.25) is 5.91 Å². The Labute approximate surface area is 124 Å². The number of amides is 1. The van der Waals surface area contributed by atoms with E-state index in [0.29, 0.717) is 22.8 Å². The largest absolute Gasteiger partial charge is 0.399 e. The number of nitrogen functional groups attached to an aromatic ring is 1. The van der Waals surface area contributed by atoms with Crippen LogP contribution in [-0.2, 0) is 11.2 Å². The Morgan fingerprint density at radius 1 is 1.21 bits per heavy atom. The highest BCUT2D eigenvalue weighted by atomic mass is 79.9. The van der Waals surface area contributed by atoms with Crippen LogP contribution in [0, 0.1) is 0 Å². The van der Waals surface area contributed by atoms with Crippen LogP contribution >= 0.6 is 27.5 Å². The van der Waals surface area contributed by atoms with E-state index in [9.17, 15) is 4.79 Å². The maximum atomic E-state index is 11.9. The summed E-state index contributed by atoms with van der Waals surface area (Å²) in [5.41, 5.74) is 7.89. The molecule has 2 aromatic carbocycles. The Balaban J connectivity index is 2.03. The van der Waals surface area contributed by atoms with E-state index < -0.39 is 0 Å². The Hall–Kier alpha value is -1.52. The standard InChI is InChI=1S/C14H12BrClN2O/c15-12-8-10(16)3-6-13(12)18-14(19)7-9-1-4-11(17)5-2-9/h1-6,8H,7,17H2,(H,18,19). The quantitative estimate of drug-likeness (QED) is 0.834. The van der Waals surface area contributed by atoms with Crippen LogP contribution in [0.1, 0.15) is 5.56 Å². The van der Waals surface area contributed by atoms with Gasteiger partial charge in [0.15, 0.2) is 0 Å². The zero-order chi connectivity index (χ0) is 13.8. The highest BCUT2D eigenvalue weighted by Crippen LogP contribution is 2.26. The fourth-order valence-corrected chi connectivity index (χ4v) is 2.39. The van der Waals surface area contributed by atoms with Gasteiger partial charge in [-0.2, -0.15) is 0 Å². The molecule has 0 aliphatic rings. The topological polar surface area (TPSA) is 55.1 Å². The number of carbonyl (C=O) groups excluding carboxylic acids is 1. The average Bonchev–Trinajstić information content (AvgIpc) is 2.36. The second kappa shape index (κ2) is 6.08. The SMILES string of the molecule is Nc1ccc(CC(=O)Nc2ccc(Cl)cc2Br)cc1. The van der Waals surface area contributed by atoms with E-state index in [-0.39, 0.29) is 5.91 Å². The van der Waals surface area contributed by atoms with Crippen molar-refractivity contribution in [2.45, 2.75) is 6.42 Å². The molecule has 5 heteroatoms. The molecular formula is C14H12BrClN2O. The van der Waals surface area contributed by atoms with Gasteiger partial charge in [-0.05, 0) is 51.8 Å². The number of nitrogens with two attached hydrogens (primary N) is 1. The summed E-state index contributed by atoms with van der Waals surface area (Å²) < 4.78 is 0.755. The van der Waals surface area contributed by atoms with Gasteiger partial charge >= 0.3 is 0 Å². The highest BCUT2D eigenvalue weighted by Gasteiger charge is 2.07. The first-order valence-corrected chi connectivity index (χ1v) is 6.81. The van der Waals surface area contributed by atoms with Crippen molar-refractivity contribution in [1.82, 2.24) is 0 Å². The smallest absolute Gasteiger partial charge is 0.228 e. The minimum absolute atomic E-state index is 0.0900. The van der Waals surface area contributed by atoms with E-state index in [2.05, 4.69) is 21.2 Å². The second-order valence-corrected chi connectivity index (χ2v) is 5.38. The first-order chi connectivity index (χ1) is 9.04. The maximum Gasteiger partial charge on any atom is 0.228 e. The van der Waals surface area contributed by atoms with Crippen LogP contribution in [0.2, 0.25) is 5.02 Å². The molecule has 98 valence electrons. The van der Waals surface area contributed by atoms with Crippen molar-refractivity contribution in [2.24, 2.45) is 0 Å². The molecule has 1 amide bonds. The minimum Gasteiger partial charge on any atom is -0.399 e. The number of carbonyl (C=O) groups is 1. The van der Waals surface area contributed by atoms with Crippen LogP contribution in [0.4, 0.5) is 11.4 Å². The molecule has 0 saturated heterocycles. The molecule has 0 aliphatic carbocycles. The van der Waals surface area contributed by atoms with Crippen LogP contribution in [0.5, 0.6) is 0 Å². The average molecular weight is 340 g/mol. The monoisotopic (exact) mass is 338 g/mol.